The first-order valence-corrected chi connectivity index (χ1v) is 7.48. The van der Waals surface area contributed by atoms with Gasteiger partial charge in [0.05, 0.1) is 11.4 Å². The van der Waals surface area contributed by atoms with Crippen LogP contribution in [0.1, 0.15) is 11.4 Å². The highest BCUT2D eigenvalue weighted by Gasteiger charge is 2.06. The van der Waals surface area contributed by atoms with E-state index in [-0.39, 0.29) is 0 Å². The molecular weight excluding hydrogens is 266 g/mol. The molecule has 0 amide bonds. The zero-order valence-electron chi connectivity index (χ0n) is 10.1. The average Bonchev–Trinajstić information content (AvgIpc) is 2.37. The minimum atomic E-state index is 0.493. The van der Waals surface area contributed by atoms with E-state index in [4.69, 9.17) is 5.73 Å². The first-order valence-electron chi connectivity index (χ1n) is 5.27. The number of aromatic nitrogens is 4. The van der Waals surface area contributed by atoms with Gasteiger partial charge in [-0.1, -0.05) is 11.8 Å². The molecule has 0 bridgehead atoms. The molecule has 7 heteroatoms. The number of hydrogen-bond acceptors (Lipinski definition) is 7. The van der Waals surface area contributed by atoms with Crippen molar-refractivity contribution in [3.05, 3.63) is 29.8 Å². The average molecular weight is 279 g/mol. The van der Waals surface area contributed by atoms with Crippen LogP contribution in [0, 0.1) is 6.92 Å². The number of nitrogens with two attached hydrogens (primary N) is 1. The van der Waals surface area contributed by atoms with E-state index in [2.05, 4.69) is 19.9 Å². The number of rotatable bonds is 4. The van der Waals surface area contributed by atoms with Crippen LogP contribution >= 0.6 is 23.5 Å². The molecule has 2 rings (SSSR count). The van der Waals surface area contributed by atoms with E-state index in [1.54, 1.807) is 30.2 Å². The summed E-state index contributed by atoms with van der Waals surface area (Å²) in [5.41, 5.74) is 7.60. The van der Waals surface area contributed by atoms with Crippen LogP contribution in [0.4, 0.5) is 5.82 Å². The third-order valence-electron chi connectivity index (χ3n) is 2.23. The molecule has 0 aromatic carbocycles. The molecule has 0 saturated carbocycles. The van der Waals surface area contributed by atoms with Gasteiger partial charge in [0.25, 0.3) is 0 Å². The molecule has 0 spiro atoms. The minimum Gasteiger partial charge on any atom is -0.384 e. The fourth-order valence-corrected chi connectivity index (χ4v) is 2.66. The molecule has 0 aliphatic carbocycles. The number of aryl methyl sites for hydroxylation is 1. The van der Waals surface area contributed by atoms with Gasteiger partial charge in [0.2, 0.25) is 0 Å². The zero-order chi connectivity index (χ0) is 13.0. The van der Waals surface area contributed by atoms with Crippen molar-refractivity contribution in [2.75, 3.05) is 12.0 Å². The Morgan fingerprint density at radius 1 is 1.22 bits per heavy atom. The number of hydrogen-bond donors (Lipinski definition) is 1. The number of thioether (sulfide) groups is 2. The minimum absolute atomic E-state index is 0.493. The molecule has 5 nitrogen and oxygen atoms in total. The van der Waals surface area contributed by atoms with Gasteiger partial charge >= 0.3 is 0 Å². The third kappa shape index (κ3) is 3.33. The maximum absolute atomic E-state index is 5.73. The number of nitrogen functional groups attached to an aromatic ring is 1. The molecular formula is C11H13N5S2. The van der Waals surface area contributed by atoms with Crippen molar-refractivity contribution in [1.82, 2.24) is 19.9 Å². The van der Waals surface area contributed by atoms with Gasteiger partial charge in [0.1, 0.15) is 10.8 Å². The zero-order valence-corrected chi connectivity index (χ0v) is 11.8. The van der Waals surface area contributed by atoms with Gasteiger partial charge in [0, 0.05) is 24.2 Å². The van der Waals surface area contributed by atoms with Crippen LogP contribution in [0.2, 0.25) is 0 Å². The summed E-state index contributed by atoms with van der Waals surface area (Å²) in [7, 11) is 0. The van der Waals surface area contributed by atoms with E-state index >= 15 is 0 Å². The highest BCUT2D eigenvalue weighted by Crippen LogP contribution is 2.23. The van der Waals surface area contributed by atoms with Crippen LogP contribution in [0.5, 0.6) is 0 Å². The van der Waals surface area contributed by atoms with Gasteiger partial charge in [-0.2, -0.15) is 0 Å². The van der Waals surface area contributed by atoms with Gasteiger partial charge in [-0.25, -0.2) is 9.97 Å². The summed E-state index contributed by atoms with van der Waals surface area (Å²) in [6.45, 7) is 1.94. The van der Waals surface area contributed by atoms with Crippen molar-refractivity contribution in [3.63, 3.8) is 0 Å². The van der Waals surface area contributed by atoms with Crippen LogP contribution in [0.25, 0.3) is 0 Å². The lowest BCUT2D eigenvalue weighted by Crippen LogP contribution is -1.98. The Balaban J connectivity index is 2.11. The first kappa shape index (κ1) is 13.1. The van der Waals surface area contributed by atoms with Crippen LogP contribution in [0.15, 0.2) is 28.6 Å². The van der Waals surface area contributed by atoms with Crippen molar-refractivity contribution < 1.29 is 0 Å². The maximum Gasteiger partial charge on any atom is 0.190 e. The molecule has 0 unspecified atom stereocenters. The van der Waals surface area contributed by atoms with E-state index in [0.29, 0.717) is 16.7 Å². The van der Waals surface area contributed by atoms with Crippen molar-refractivity contribution >= 4 is 29.3 Å². The molecule has 0 fully saturated rings. The van der Waals surface area contributed by atoms with Crippen molar-refractivity contribution in [2.45, 2.75) is 22.9 Å². The SMILES string of the molecule is CSc1cc(N)nc(SCc2nccnc2C)n1. The lowest BCUT2D eigenvalue weighted by molar-refractivity contribution is 0.898. The third-order valence-corrected chi connectivity index (χ3v) is 3.72. The Morgan fingerprint density at radius 2 is 2.00 bits per heavy atom. The van der Waals surface area contributed by atoms with E-state index in [9.17, 15) is 0 Å². The lowest BCUT2D eigenvalue weighted by Gasteiger charge is -2.04. The second-order valence-electron chi connectivity index (χ2n) is 3.49. The molecule has 2 N–H and O–H groups in total. The van der Waals surface area contributed by atoms with Gasteiger partial charge in [-0.3, -0.25) is 9.97 Å². The highest BCUT2D eigenvalue weighted by molar-refractivity contribution is 7.99. The van der Waals surface area contributed by atoms with E-state index < -0.39 is 0 Å². The predicted octanol–water partition coefficient (Wildman–Crippen LogP) is 2.17. The standard InChI is InChI=1S/C11H13N5S2/c1-7-8(14-4-3-13-7)6-18-11-15-9(12)5-10(16-11)17-2/h3-5H,6H2,1-2H3,(H2,12,15,16). The second kappa shape index (κ2) is 6.01. The van der Waals surface area contributed by atoms with Gasteiger partial charge in [-0.15, -0.1) is 11.8 Å². The van der Waals surface area contributed by atoms with Gasteiger partial charge in [-0.05, 0) is 13.2 Å². The van der Waals surface area contributed by atoms with Crippen LogP contribution in [-0.2, 0) is 5.75 Å². The highest BCUT2D eigenvalue weighted by atomic mass is 32.2. The van der Waals surface area contributed by atoms with E-state index in [1.807, 2.05) is 13.2 Å². The van der Waals surface area contributed by atoms with Crippen LogP contribution in [-0.4, -0.2) is 26.2 Å². The Hall–Kier alpha value is -1.34. The molecule has 0 aliphatic heterocycles. The molecule has 18 heavy (non-hydrogen) atoms. The summed E-state index contributed by atoms with van der Waals surface area (Å²) in [6, 6.07) is 1.77. The second-order valence-corrected chi connectivity index (χ2v) is 5.26. The van der Waals surface area contributed by atoms with Crippen LogP contribution in [0.3, 0.4) is 0 Å². The van der Waals surface area contributed by atoms with Crippen molar-refractivity contribution in [1.29, 1.82) is 0 Å². The molecule has 2 aromatic rings. The molecule has 0 saturated heterocycles. The molecule has 2 heterocycles. The molecule has 0 radical (unpaired) electrons. The van der Waals surface area contributed by atoms with Crippen LogP contribution < -0.4 is 5.73 Å². The molecule has 2 aromatic heterocycles. The Labute approximate surface area is 114 Å². The molecule has 0 aliphatic rings. The van der Waals surface area contributed by atoms with Gasteiger partial charge in [0.15, 0.2) is 5.16 Å². The fraction of sp³-hybridized carbons (Fsp3) is 0.273. The maximum atomic E-state index is 5.73. The summed E-state index contributed by atoms with van der Waals surface area (Å²) < 4.78 is 0. The lowest BCUT2D eigenvalue weighted by atomic mass is 10.4. The summed E-state index contributed by atoms with van der Waals surface area (Å²) in [4.78, 5) is 17.1. The fourth-order valence-electron chi connectivity index (χ4n) is 1.30. The summed E-state index contributed by atoms with van der Waals surface area (Å²) >= 11 is 3.06. The van der Waals surface area contributed by atoms with E-state index in [0.717, 1.165) is 16.4 Å². The Bertz CT molecular complexity index is 547. The largest absolute Gasteiger partial charge is 0.384 e. The predicted molar refractivity (Wildman–Crippen MR) is 74.6 cm³/mol. The Morgan fingerprint density at radius 3 is 2.72 bits per heavy atom. The topological polar surface area (TPSA) is 77.6 Å². The monoisotopic (exact) mass is 279 g/mol. The van der Waals surface area contributed by atoms with Crippen molar-refractivity contribution in [2.24, 2.45) is 0 Å². The number of nitrogens with zero attached hydrogens (tertiary/aromatic N) is 4. The van der Waals surface area contributed by atoms with Crippen molar-refractivity contribution in [3.8, 4) is 0 Å². The van der Waals surface area contributed by atoms with Gasteiger partial charge < -0.3 is 5.73 Å². The number of anilines is 1. The first-order chi connectivity index (χ1) is 8.69. The Kier molecular flexibility index (Phi) is 4.38. The molecule has 94 valence electrons. The quantitative estimate of drug-likeness (QED) is 0.522. The smallest absolute Gasteiger partial charge is 0.190 e. The molecule has 0 atom stereocenters. The summed E-state index contributed by atoms with van der Waals surface area (Å²) in [5.74, 6) is 1.18. The van der Waals surface area contributed by atoms with E-state index in [1.165, 1.54) is 11.8 Å². The summed E-state index contributed by atoms with van der Waals surface area (Å²) in [6.07, 6.45) is 5.34. The summed E-state index contributed by atoms with van der Waals surface area (Å²) in [5, 5.41) is 1.55. The normalized spacial score (nSPS) is 10.6.